The zero-order valence-electron chi connectivity index (χ0n) is 9.96. The third-order valence-electron chi connectivity index (χ3n) is 3.32. The van der Waals surface area contributed by atoms with Gasteiger partial charge in [0.1, 0.15) is 5.76 Å². The number of ether oxygens (including phenoxy) is 2. The van der Waals surface area contributed by atoms with E-state index in [0.29, 0.717) is 18.8 Å². The smallest absolute Gasteiger partial charge is 0.152 e. The summed E-state index contributed by atoms with van der Waals surface area (Å²) in [5.74, 6) is 0.693. The summed E-state index contributed by atoms with van der Waals surface area (Å²) in [6.45, 7) is 8.52. The second kappa shape index (κ2) is 2.98. The first-order valence-corrected chi connectivity index (χ1v) is 5.53. The highest BCUT2D eigenvalue weighted by Gasteiger charge is 2.59. The average molecular weight is 212 g/mol. The van der Waals surface area contributed by atoms with Gasteiger partial charge in [0.2, 0.25) is 0 Å². The molecule has 0 aromatic heterocycles. The molecule has 0 aromatic rings. The van der Waals surface area contributed by atoms with Gasteiger partial charge in [0.05, 0.1) is 17.8 Å². The molecule has 15 heavy (non-hydrogen) atoms. The Hall–Kier alpha value is -0.540. The van der Waals surface area contributed by atoms with Crippen LogP contribution in [0.3, 0.4) is 0 Å². The van der Waals surface area contributed by atoms with Gasteiger partial charge in [-0.3, -0.25) is 0 Å². The summed E-state index contributed by atoms with van der Waals surface area (Å²) in [5.41, 5.74) is -1.87. The Morgan fingerprint density at radius 3 is 2.33 bits per heavy atom. The Balaban J connectivity index is 2.34. The van der Waals surface area contributed by atoms with Crippen molar-refractivity contribution in [2.45, 2.75) is 57.3 Å². The lowest BCUT2D eigenvalue weighted by Gasteiger charge is -2.35. The molecule has 0 spiro atoms. The van der Waals surface area contributed by atoms with E-state index in [2.05, 4.69) is 0 Å². The zero-order valence-corrected chi connectivity index (χ0v) is 9.96. The summed E-state index contributed by atoms with van der Waals surface area (Å²) in [6.07, 6.45) is 3.44. The molecule has 1 atom stereocenters. The van der Waals surface area contributed by atoms with Gasteiger partial charge in [-0.05, 0) is 33.8 Å². The van der Waals surface area contributed by atoms with Crippen molar-refractivity contribution >= 4 is 0 Å². The summed E-state index contributed by atoms with van der Waals surface area (Å²) in [4.78, 5) is 0. The van der Waals surface area contributed by atoms with E-state index in [4.69, 9.17) is 9.47 Å². The van der Waals surface area contributed by atoms with Gasteiger partial charge < -0.3 is 14.6 Å². The van der Waals surface area contributed by atoms with Gasteiger partial charge >= 0.3 is 0 Å². The second-order valence-corrected chi connectivity index (χ2v) is 5.61. The maximum atomic E-state index is 10.7. The molecule has 0 bridgehead atoms. The highest BCUT2D eigenvalue weighted by Crippen LogP contribution is 2.49. The normalized spacial score (nSPS) is 37.5. The van der Waals surface area contributed by atoms with Gasteiger partial charge in [-0.15, -0.1) is 0 Å². The van der Waals surface area contributed by atoms with E-state index >= 15 is 0 Å². The molecule has 1 fully saturated rings. The molecule has 0 aromatic carbocycles. The predicted molar refractivity (Wildman–Crippen MR) is 57.5 cm³/mol. The van der Waals surface area contributed by atoms with Crippen LogP contribution in [0.4, 0.5) is 0 Å². The van der Waals surface area contributed by atoms with Crippen LogP contribution in [0.5, 0.6) is 0 Å². The highest BCUT2D eigenvalue weighted by atomic mass is 16.6. The third-order valence-corrected chi connectivity index (χ3v) is 3.32. The Morgan fingerprint density at radius 1 is 1.27 bits per heavy atom. The number of rotatable bonds is 1. The summed E-state index contributed by atoms with van der Waals surface area (Å²) < 4.78 is 11.4. The van der Waals surface area contributed by atoms with Crippen molar-refractivity contribution in [1.29, 1.82) is 0 Å². The van der Waals surface area contributed by atoms with E-state index in [0.717, 1.165) is 6.42 Å². The Labute approximate surface area is 91.1 Å². The molecule has 0 saturated carbocycles. The average Bonchev–Trinajstić information content (AvgIpc) is 2.55. The van der Waals surface area contributed by atoms with E-state index in [-0.39, 0.29) is 5.60 Å². The SMILES string of the molecule is CC1(C)CC(O)(C2=CCCO2)C(C)(C)O1. The summed E-state index contributed by atoms with van der Waals surface area (Å²) in [7, 11) is 0. The molecule has 1 N–H and O–H groups in total. The molecule has 1 saturated heterocycles. The molecule has 86 valence electrons. The van der Waals surface area contributed by atoms with Crippen molar-refractivity contribution < 1.29 is 14.6 Å². The molecule has 2 rings (SSSR count). The van der Waals surface area contributed by atoms with Crippen LogP contribution in [0.1, 0.15) is 40.5 Å². The first-order chi connectivity index (χ1) is 6.77. The fourth-order valence-corrected chi connectivity index (χ4v) is 2.73. The van der Waals surface area contributed by atoms with Crippen LogP contribution < -0.4 is 0 Å². The highest BCUT2D eigenvalue weighted by molar-refractivity contribution is 5.24. The van der Waals surface area contributed by atoms with Gasteiger partial charge in [-0.1, -0.05) is 0 Å². The van der Waals surface area contributed by atoms with Crippen molar-refractivity contribution in [3.63, 3.8) is 0 Å². The van der Waals surface area contributed by atoms with E-state index in [1.165, 1.54) is 0 Å². The molecule has 3 heteroatoms. The first-order valence-electron chi connectivity index (χ1n) is 5.53. The van der Waals surface area contributed by atoms with Crippen molar-refractivity contribution in [3.05, 3.63) is 11.8 Å². The van der Waals surface area contributed by atoms with Crippen LogP contribution in [0.15, 0.2) is 11.8 Å². The standard InChI is InChI=1S/C12H20O3/c1-10(2)8-12(13,11(3,4)15-10)9-6-5-7-14-9/h6,13H,5,7-8H2,1-4H3. The van der Waals surface area contributed by atoms with E-state index in [1.54, 1.807) is 0 Å². The molecular weight excluding hydrogens is 192 g/mol. The minimum atomic E-state index is -0.979. The topological polar surface area (TPSA) is 38.7 Å². The van der Waals surface area contributed by atoms with Crippen molar-refractivity contribution in [3.8, 4) is 0 Å². The molecule has 0 aliphatic carbocycles. The molecular formula is C12H20O3. The van der Waals surface area contributed by atoms with Crippen molar-refractivity contribution in [2.75, 3.05) is 6.61 Å². The quantitative estimate of drug-likeness (QED) is 0.722. The molecule has 1 unspecified atom stereocenters. The maximum absolute atomic E-state index is 10.7. The van der Waals surface area contributed by atoms with E-state index in [1.807, 2.05) is 33.8 Å². The molecule has 0 amide bonds. The number of hydrogen-bond donors (Lipinski definition) is 1. The van der Waals surface area contributed by atoms with Crippen LogP contribution in [0.2, 0.25) is 0 Å². The fourth-order valence-electron chi connectivity index (χ4n) is 2.73. The van der Waals surface area contributed by atoms with Crippen LogP contribution >= 0.6 is 0 Å². The van der Waals surface area contributed by atoms with Crippen LogP contribution in [0.25, 0.3) is 0 Å². The van der Waals surface area contributed by atoms with E-state index in [9.17, 15) is 5.11 Å². The minimum Gasteiger partial charge on any atom is -0.495 e. The maximum Gasteiger partial charge on any atom is 0.152 e. The van der Waals surface area contributed by atoms with Crippen LogP contribution in [-0.2, 0) is 9.47 Å². The van der Waals surface area contributed by atoms with Crippen LogP contribution in [0, 0.1) is 0 Å². The Morgan fingerprint density at radius 2 is 1.93 bits per heavy atom. The van der Waals surface area contributed by atoms with Crippen molar-refractivity contribution in [2.24, 2.45) is 0 Å². The van der Waals surface area contributed by atoms with Gasteiger partial charge in [-0.25, -0.2) is 0 Å². The number of hydrogen-bond acceptors (Lipinski definition) is 3. The lowest BCUT2D eigenvalue weighted by Crippen LogP contribution is -2.48. The minimum absolute atomic E-state index is 0.301. The summed E-state index contributed by atoms with van der Waals surface area (Å²) >= 11 is 0. The van der Waals surface area contributed by atoms with Gasteiger partial charge in [0.25, 0.3) is 0 Å². The predicted octanol–water partition coefficient (Wildman–Crippen LogP) is 2.00. The fraction of sp³-hybridized carbons (Fsp3) is 0.833. The molecule has 0 radical (unpaired) electrons. The lowest BCUT2D eigenvalue weighted by atomic mass is 9.81. The molecule has 3 nitrogen and oxygen atoms in total. The Bertz CT molecular complexity index is 304. The summed E-state index contributed by atoms with van der Waals surface area (Å²) in [6, 6.07) is 0. The largest absolute Gasteiger partial charge is 0.495 e. The second-order valence-electron chi connectivity index (χ2n) is 5.61. The molecule has 2 aliphatic rings. The zero-order chi connectivity index (χ0) is 11.3. The lowest BCUT2D eigenvalue weighted by molar-refractivity contribution is -0.125. The van der Waals surface area contributed by atoms with Gasteiger partial charge in [-0.2, -0.15) is 0 Å². The van der Waals surface area contributed by atoms with Gasteiger partial charge in [0, 0.05) is 12.8 Å². The monoisotopic (exact) mass is 212 g/mol. The third kappa shape index (κ3) is 1.58. The van der Waals surface area contributed by atoms with Crippen LogP contribution in [-0.4, -0.2) is 28.5 Å². The molecule has 2 heterocycles. The van der Waals surface area contributed by atoms with Gasteiger partial charge in [0.15, 0.2) is 5.60 Å². The van der Waals surface area contributed by atoms with E-state index < -0.39 is 11.2 Å². The summed E-state index contributed by atoms with van der Waals surface area (Å²) in [5, 5.41) is 10.7. The van der Waals surface area contributed by atoms with Crippen molar-refractivity contribution in [1.82, 2.24) is 0 Å². The first kappa shape index (κ1) is 11.0. The molecule has 2 aliphatic heterocycles. The Kier molecular flexibility index (Phi) is 2.18. The number of aliphatic hydroxyl groups is 1.